The zero-order chi connectivity index (χ0) is 16.6. The van der Waals surface area contributed by atoms with E-state index in [1.807, 2.05) is 12.1 Å². The van der Waals surface area contributed by atoms with Gasteiger partial charge in [0, 0.05) is 25.8 Å². The molecule has 1 aromatic heterocycles. The predicted octanol–water partition coefficient (Wildman–Crippen LogP) is 2.68. The van der Waals surface area contributed by atoms with E-state index >= 15 is 0 Å². The molecule has 0 unspecified atom stereocenters. The lowest BCUT2D eigenvalue weighted by Crippen LogP contribution is -2.35. The largest absolute Gasteiger partial charge is 0.484 e. The molecule has 0 N–H and O–H groups in total. The number of aryl methyl sites for hydroxylation is 1. The molecule has 24 heavy (non-hydrogen) atoms. The van der Waals surface area contributed by atoms with Gasteiger partial charge in [-0.15, -0.1) is 0 Å². The maximum Gasteiger partial charge on any atom is 0.257 e. The molecule has 5 heteroatoms. The summed E-state index contributed by atoms with van der Waals surface area (Å²) in [6.07, 6.45) is 1.69. The second kappa shape index (κ2) is 8.66. The van der Waals surface area contributed by atoms with Crippen LogP contribution in [-0.2, 0) is 11.3 Å². The van der Waals surface area contributed by atoms with Crippen LogP contribution in [0.1, 0.15) is 11.1 Å². The van der Waals surface area contributed by atoms with Crippen LogP contribution >= 0.6 is 0 Å². The smallest absolute Gasteiger partial charge is 0.257 e. The van der Waals surface area contributed by atoms with Crippen molar-refractivity contribution in [2.24, 2.45) is 0 Å². The van der Waals surface area contributed by atoms with Crippen LogP contribution in [0.15, 0.2) is 42.6 Å². The Morgan fingerprint density at radius 2 is 1.71 bits per heavy atom. The van der Waals surface area contributed by atoms with Crippen molar-refractivity contribution in [3.05, 3.63) is 53.7 Å². The number of hydrogen-bond acceptors (Lipinski definition) is 5. The van der Waals surface area contributed by atoms with Gasteiger partial charge < -0.3 is 14.2 Å². The predicted molar refractivity (Wildman–Crippen MR) is 92.5 cm³/mol. The average Bonchev–Trinajstić information content (AvgIpc) is 2.65. The molecule has 1 fully saturated rings. The lowest BCUT2D eigenvalue weighted by atomic mass is 10.1. The highest BCUT2D eigenvalue weighted by Gasteiger charge is 2.10. The minimum absolute atomic E-state index is 0.601. The van der Waals surface area contributed by atoms with Gasteiger partial charge in [-0.2, -0.15) is 0 Å². The number of fused-ring (bicyclic) bond motifs is 1. The van der Waals surface area contributed by atoms with Gasteiger partial charge in [-0.05, 0) is 24.6 Å². The molecule has 0 radical (unpaired) electrons. The van der Waals surface area contributed by atoms with E-state index < -0.39 is 0 Å². The number of hydrogen-bond donors (Lipinski definition) is 0. The van der Waals surface area contributed by atoms with Crippen molar-refractivity contribution < 1.29 is 14.2 Å². The van der Waals surface area contributed by atoms with E-state index in [0.717, 1.165) is 38.6 Å². The Labute approximate surface area is 143 Å². The molecule has 3 heterocycles. The van der Waals surface area contributed by atoms with Crippen molar-refractivity contribution in [1.29, 1.82) is 0 Å². The first-order valence-electron chi connectivity index (χ1n) is 8.37. The van der Waals surface area contributed by atoms with Crippen LogP contribution in [0, 0.1) is 6.92 Å². The van der Waals surface area contributed by atoms with E-state index in [4.69, 9.17) is 14.2 Å². The molecular weight excluding hydrogens is 304 g/mol. The van der Waals surface area contributed by atoms with Crippen molar-refractivity contribution in [3.8, 4) is 11.6 Å². The van der Waals surface area contributed by atoms with Crippen molar-refractivity contribution in [2.45, 2.75) is 13.5 Å². The fourth-order valence-corrected chi connectivity index (χ4v) is 2.60. The molecule has 128 valence electrons. The van der Waals surface area contributed by atoms with E-state index in [-0.39, 0.29) is 0 Å². The number of nitrogens with zero attached hydrogens (tertiary/aromatic N) is 2. The third-order valence-corrected chi connectivity index (χ3v) is 3.95. The highest BCUT2D eigenvalue weighted by molar-refractivity contribution is 5.33. The van der Waals surface area contributed by atoms with E-state index in [2.05, 4.69) is 41.1 Å². The lowest BCUT2D eigenvalue weighted by molar-refractivity contribution is 0.0342. The molecule has 5 nitrogen and oxygen atoms in total. The topological polar surface area (TPSA) is 43.8 Å². The van der Waals surface area contributed by atoms with Crippen molar-refractivity contribution in [1.82, 2.24) is 9.88 Å². The molecule has 0 amide bonds. The third-order valence-electron chi connectivity index (χ3n) is 3.95. The summed E-state index contributed by atoms with van der Waals surface area (Å²) in [7, 11) is 0. The van der Waals surface area contributed by atoms with Crippen LogP contribution in [-0.4, -0.2) is 49.4 Å². The molecule has 0 bridgehead atoms. The molecule has 0 spiro atoms. The summed E-state index contributed by atoms with van der Waals surface area (Å²) in [5.41, 5.74) is 2.73. The number of pyridine rings is 1. The highest BCUT2D eigenvalue weighted by atomic mass is 16.6. The van der Waals surface area contributed by atoms with Crippen LogP contribution in [0.4, 0.5) is 0 Å². The van der Waals surface area contributed by atoms with Gasteiger partial charge in [0.2, 0.25) is 0 Å². The number of rotatable bonds is 2. The summed E-state index contributed by atoms with van der Waals surface area (Å²) >= 11 is 0. The first-order valence-corrected chi connectivity index (χ1v) is 8.37. The van der Waals surface area contributed by atoms with Gasteiger partial charge in [0.15, 0.2) is 5.75 Å². The number of ether oxygens (including phenoxy) is 3. The van der Waals surface area contributed by atoms with Gasteiger partial charge in [-0.3, -0.25) is 4.90 Å². The third kappa shape index (κ3) is 4.94. The van der Waals surface area contributed by atoms with E-state index in [0.29, 0.717) is 19.1 Å². The molecule has 2 aliphatic rings. The maximum absolute atomic E-state index is 5.31. The average molecular weight is 328 g/mol. The van der Waals surface area contributed by atoms with Crippen LogP contribution < -0.4 is 9.47 Å². The first-order chi connectivity index (χ1) is 11.8. The quantitative estimate of drug-likeness (QED) is 0.848. The SMILES string of the molecule is Cc1ccc(CN2CCOCC2)cc1.c1cnc2c(c1)OCCO2. The summed E-state index contributed by atoms with van der Waals surface area (Å²) in [6, 6.07) is 12.5. The summed E-state index contributed by atoms with van der Waals surface area (Å²) in [6.45, 7) is 8.30. The van der Waals surface area contributed by atoms with Gasteiger partial charge in [-0.1, -0.05) is 29.8 Å². The number of aromatic nitrogens is 1. The minimum atomic E-state index is 0.601. The van der Waals surface area contributed by atoms with Crippen molar-refractivity contribution in [3.63, 3.8) is 0 Å². The summed E-state index contributed by atoms with van der Waals surface area (Å²) in [4.78, 5) is 6.41. The van der Waals surface area contributed by atoms with E-state index in [9.17, 15) is 0 Å². The van der Waals surface area contributed by atoms with Crippen LogP contribution in [0.3, 0.4) is 0 Å². The van der Waals surface area contributed by atoms with Crippen LogP contribution in [0.2, 0.25) is 0 Å². The number of benzene rings is 1. The maximum atomic E-state index is 5.31. The minimum Gasteiger partial charge on any atom is -0.484 e. The van der Waals surface area contributed by atoms with Gasteiger partial charge in [0.05, 0.1) is 13.2 Å². The Bertz CT molecular complexity index is 600. The molecule has 2 aliphatic heterocycles. The van der Waals surface area contributed by atoms with E-state index in [1.54, 1.807) is 6.20 Å². The Hall–Kier alpha value is -2.11. The Morgan fingerprint density at radius 3 is 2.46 bits per heavy atom. The zero-order valence-electron chi connectivity index (χ0n) is 14.1. The Morgan fingerprint density at radius 1 is 0.958 bits per heavy atom. The van der Waals surface area contributed by atoms with Crippen molar-refractivity contribution in [2.75, 3.05) is 39.5 Å². The lowest BCUT2D eigenvalue weighted by Gasteiger charge is -2.26. The summed E-state index contributed by atoms with van der Waals surface area (Å²) in [5.74, 6) is 1.35. The molecular formula is C19H24N2O3. The van der Waals surface area contributed by atoms with Crippen LogP contribution in [0.25, 0.3) is 0 Å². The zero-order valence-corrected chi connectivity index (χ0v) is 14.1. The fraction of sp³-hybridized carbons (Fsp3) is 0.421. The standard InChI is InChI=1S/C12H17NO.C7H7NO2/c1-11-2-4-12(5-3-11)10-13-6-8-14-9-7-13;1-2-6-7(8-3-1)10-5-4-9-6/h2-5H,6-10H2,1H3;1-3H,4-5H2. The fourth-order valence-electron chi connectivity index (χ4n) is 2.60. The normalized spacial score (nSPS) is 16.9. The van der Waals surface area contributed by atoms with Crippen molar-refractivity contribution >= 4 is 0 Å². The van der Waals surface area contributed by atoms with Gasteiger partial charge in [0.1, 0.15) is 13.2 Å². The molecule has 0 saturated carbocycles. The molecule has 1 aromatic carbocycles. The van der Waals surface area contributed by atoms with Gasteiger partial charge in [0.25, 0.3) is 5.88 Å². The molecule has 0 atom stereocenters. The molecule has 4 rings (SSSR count). The molecule has 2 aromatic rings. The van der Waals surface area contributed by atoms with E-state index in [1.165, 1.54) is 11.1 Å². The van der Waals surface area contributed by atoms with Gasteiger partial charge in [-0.25, -0.2) is 4.98 Å². The second-order valence-electron chi connectivity index (χ2n) is 5.88. The van der Waals surface area contributed by atoms with Gasteiger partial charge >= 0.3 is 0 Å². The molecule has 1 saturated heterocycles. The van der Waals surface area contributed by atoms with Crippen LogP contribution in [0.5, 0.6) is 11.6 Å². The monoisotopic (exact) mass is 328 g/mol. The molecule has 0 aliphatic carbocycles. The number of morpholine rings is 1. The first kappa shape index (κ1) is 16.7. The summed E-state index contributed by atoms with van der Waals surface area (Å²) < 4.78 is 15.7. The Kier molecular flexibility index (Phi) is 6.04. The highest BCUT2D eigenvalue weighted by Crippen LogP contribution is 2.25. The summed E-state index contributed by atoms with van der Waals surface area (Å²) in [5, 5.41) is 0. The second-order valence-corrected chi connectivity index (χ2v) is 5.88. The Balaban J connectivity index is 0.000000149.